The summed E-state index contributed by atoms with van der Waals surface area (Å²) in [5.41, 5.74) is 6.99. The predicted molar refractivity (Wildman–Crippen MR) is 80.5 cm³/mol. The van der Waals surface area contributed by atoms with E-state index in [1.807, 2.05) is 27.7 Å². The Morgan fingerprint density at radius 2 is 1.61 bits per heavy atom. The maximum absolute atomic E-state index is 3.48. The molecule has 1 aromatic rings. The van der Waals surface area contributed by atoms with E-state index in [9.17, 15) is 0 Å². The van der Waals surface area contributed by atoms with E-state index in [0.29, 0.717) is 0 Å². The minimum absolute atomic E-state index is 1.03. The molecule has 18 heavy (non-hydrogen) atoms. The van der Waals surface area contributed by atoms with Crippen LogP contribution in [0, 0.1) is 6.92 Å². The van der Waals surface area contributed by atoms with Gasteiger partial charge in [0.2, 0.25) is 0 Å². The third-order valence-corrected chi connectivity index (χ3v) is 3.10. The summed E-state index contributed by atoms with van der Waals surface area (Å²) in [4.78, 5) is 0. The minimum atomic E-state index is 1.03. The summed E-state index contributed by atoms with van der Waals surface area (Å²) in [6.45, 7) is 12.3. The zero-order chi connectivity index (χ0) is 13.5. The molecule has 1 heterocycles. The quantitative estimate of drug-likeness (QED) is 0.732. The van der Waals surface area contributed by atoms with Crippen molar-refractivity contribution >= 4 is 5.70 Å². The highest BCUT2D eigenvalue weighted by Crippen LogP contribution is 2.32. The van der Waals surface area contributed by atoms with Crippen LogP contribution in [-0.2, 0) is 6.42 Å². The Kier molecular flexibility index (Phi) is 5.76. The predicted octanol–water partition coefficient (Wildman–Crippen LogP) is 3.46. The maximum atomic E-state index is 3.48. The van der Waals surface area contributed by atoms with E-state index in [-0.39, 0.29) is 0 Å². The molecule has 0 radical (unpaired) electrons. The number of allylic oxidation sites excluding steroid dienone is 1. The first kappa shape index (κ1) is 14.6. The van der Waals surface area contributed by atoms with Crippen molar-refractivity contribution in [3.8, 4) is 0 Å². The summed E-state index contributed by atoms with van der Waals surface area (Å²) < 4.78 is 0. The van der Waals surface area contributed by atoms with Gasteiger partial charge in [0.15, 0.2) is 0 Å². The molecule has 0 saturated heterocycles. The lowest BCUT2D eigenvalue weighted by molar-refractivity contribution is 0.698. The largest absolute Gasteiger partial charge is 0.385 e. The summed E-state index contributed by atoms with van der Waals surface area (Å²) in [5, 5.41) is 6.95. The zero-order valence-electron chi connectivity index (χ0n) is 12.4. The Labute approximate surface area is 111 Å². The SMILES string of the molecule is CC.CC.Cc1cccc2c1CC1=C2NCCN1. The van der Waals surface area contributed by atoms with E-state index in [0.717, 1.165) is 19.5 Å². The Bertz CT molecular complexity index is 419. The number of nitrogens with one attached hydrogen (secondary N) is 2. The molecule has 1 aliphatic heterocycles. The van der Waals surface area contributed by atoms with E-state index >= 15 is 0 Å². The van der Waals surface area contributed by atoms with Crippen molar-refractivity contribution in [1.29, 1.82) is 0 Å². The van der Waals surface area contributed by atoms with Gasteiger partial charge in [0.25, 0.3) is 0 Å². The van der Waals surface area contributed by atoms with Crippen molar-refractivity contribution in [2.45, 2.75) is 41.0 Å². The van der Waals surface area contributed by atoms with Crippen LogP contribution in [0.2, 0.25) is 0 Å². The molecule has 2 nitrogen and oxygen atoms in total. The molecule has 0 fully saturated rings. The van der Waals surface area contributed by atoms with Crippen LogP contribution in [0.4, 0.5) is 0 Å². The molecule has 0 bridgehead atoms. The first-order valence-corrected chi connectivity index (χ1v) is 7.16. The van der Waals surface area contributed by atoms with Gasteiger partial charge in [-0.15, -0.1) is 0 Å². The van der Waals surface area contributed by atoms with Gasteiger partial charge in [-0.1, -0.05) is 45.9 Å². The summed E-state index contributed by atoms with van der Waals surface area (Å²) in [7, 11) is 0. The minimum Gasteiger partial charge on any atom is -0.385 e. The smallest absolute Gasteiger partial charge is 0.0613 e. The van der Waals surface area contributed by atoms with E-state index in [4.69, 9.17) is 0 Å². The number of benzene rings is 1. The molecule has 0 atom stereocenters. The van der Waals surface area contributed by atoms with Gasteiger partial charge in [0.1, 0.15) is 0 Å². The monoisotopic (exact) mass is 246 g/mol. The molecular weight excluding hydrogens is 220 g/mol. The van der Waals surface area contributed by atoms with Crippen molar-refractivity contribution in [3.05, 3.63) is 40.6 Å². The Hall–Kier alpha value is -1.44. The fraction of sp³-hybridized carbons (Fsp3) is 0.500. The second-order valence-corrected chi connectivity index (χ2v) is 3.98. The van der Waals surface area contributed by atoms with Crippen LogP contribution in [0.25, 0.3) is 5.70 Å². The fourth-order valence-electron chi connectivity index (χ4n) is 2.35. The van der Waals surface area contributed by atoms with E-state index in [1.165, 1.54) is 28.1 Å². The average Bonchev–Trinajstić information content (AvgIpc) is 2.84. The van der Waals surface area contributed by atoms with Crippen molar-refractivity contribution < 1.29 is 0 Å². The highest BCUT2D eigenvalue weighted by Gasteiger charge is 2.24. The standard InChI is InChI=1S/C12H14N2.2C2H6/c1-8-3-2-4-9-10(8)7-11-12(9)14-6-5-13-11;2*1-2/h2-4,13-14H,5-7H2,1H3;2*1-2H3. The van der Waals surface area contributed by atoms with Gasteiger partial charge in [0.05, 0.1) is 5.70 Å². The first-order valence-electron chi connectivity index (χ1n) is 7.16. The van der Waals surface area contributed by atoms with Crippen LogP contribution >= 0.6 is 0 Å². The third-order valence-electron chi connectivity index (χ3n) is 3.10. The van der Waals surface area contributed by atoms with Crippen molar-refractivity contribution in [1.82, 2.24) is 10.6 Å². The van der Waals surface area contributed by atoms with E-state index in [1.54, 1.807) is 0 Å². The Morgan fingerprint density at radius 3 is 2.33 bits per heavy atom. The van der Waals surface area contributed by atoms with Crippen molar-refractivity contribution in [2.75, 3.05) is 13.1 Å². The number of hydrogen-bond donors (Lipinski definition) is 2. The molecule has 2 N–H and O–H groups in total. The molecule has 0 spiro atoms. The molecule has 0 amide bonds. The Morgan fingerprint density at radius 1 is 0.944 bits per heavy atom. The topological polar surface area (TPSA) is 24.1 Å². The molecule has 0 saturated carbocycles. The average molecular weight is 246 g/mol. The van der Waals surface area contributed by atoms with Crippen LogP contribution in [-0.4, -0.2) is 13.1 Å². The molecule has 0 unspecified atom stereocenters. The zero-order valence-corrected chi connectivity index (χ0v) is 12.4. The van der Waals surface area contributed by atoms with Crippen LogP contribution in [0.5, 0.6) is 0 Å². The van der Waals surface area contributed by atoms with Gasteiger partial charge < -0.3 is 10.6 Å². The van der Waals surface area contributed by atoms with Gasteiger partial charge in [-0.05, 0) is 18.1 Å². The van der Waals surface area contributed by atoms with Crippen LogP contribution < -0.4 is 10.6 Å². The maximum Gasteiger partial charge on any atom is 0.0613 e. The normalized spacial score (nSPS) is 14.9. The number of aryl methyl sites for hydroxylation is 1. The van der Waals surface area contributed by atoms with Gasteiger partial charge in [-0.2, -0.15) is 0 Å². The lowest BCUT2D eigenvalue weighted by Gasteiger charge is -2.18. The van der Waals surface area contributed by atoms with Gasteiger partial charge in [-0.25, -0.2) is 0 Å². The molecule has 0 aromatic heterocycles. The van der Waals surface area contributed by atoms with Crippen LogP contribution in [0.1, 0.15) is 44.4 Å². The molecular formula is C16H26N2. The molecule has 2 heteroatoms. The van der Waals surface area contributed by atoms with Crippen molar-refractivity contribution in [3.63, 3.8) is 0 Å². The number of fused-ring (bicyclic) bond motifs is 2. The second kappa shape index (κ2) is 7.10. The lowest BCUT2D eigenvalue weighted by atomic mass is 10.0. The highest BCUT2D eigenvalue weighted by atomic mass is 15.0. The van der Waals surface area contributed by atoms with Crippen LogP contribution in [0.15, 0.2) is 23.9 Å². The number of hydrogen-bond acceptors (Lipinski definition) is 2. The Balaban J connectivity index is 0.000000371. The summed E-state index contributed by atoms with van der Waals surface area (Å²) in [6, 6.07) is 6.54. The molecule has 2 aliphatic rings. The van der Waals surface area contributed by atoms with E-state index in [2.05, 4.69) is 35.8 Å². The summed E-state index contributed by atoms with van der Waals surface area (Å²) in [6.07, 6.45) is 1.07. The first-order chi connectivity index (χ1) is 8.86. The lowest BCUT2D eigenvalue weighted by Crippen LogP contribution is -2.33. The highest BCUT2D eigenvalue weighted by molar-refractivity contribution is 5.76. The third kappa shape index (κ3) is 2.69. The van der Waals surface area contributed by atoms with E-state index < -0.39 is 0 Å². The van der Waals surface area contributed by atoms with Crippen LogP contribution in [0.3, 0.4) is 0 Å². The summed E-state index contributed by atoms with van der Waals surface area (Å²) >= 11 is 0. The number of rotatable bonds is 0. The van der Waals surface area contributed by atoms with Gasteiger partial charge in [-0.3, -0.25) is 0 Å². The van der Waals surface area contributed by atoms with Gasteiger partial charge >= 0.3 is 0 Å². The fourth-order valence-corrected chi connectivity index (χ4v) is 2.35. The molecule has 3 rings (SSSR count). The second-order valence-electron chi connectivity index (χ2n) is 3.98. The summed E-state index contributed by atoms with van der Waals surface area (Å²) in [5.74, 6) is 0. The van der Waals surface area contributed by atoms with Gasteiger partial charge in [0, 0.05) is 30.8 Å². The molecule has 100 valence electrons. The molecule has 1 aliphatic carbocycles. The van der Waals surface area contributed by atoms with Crippen molar-refractivity contribution in [2.24, 2.45) is 0 Å². The molecule has 1 aromatic carbocycles.